The summed E-state index contributed by atoms with van der Waals surface area (Å²) in [5, 5.41) is 7.72. The molecule has 4 aromatic rings. The van der Waals surface area contributed by atoms with E-state index in [0.717, 1.165) is 4.31 Å². The van der Waals surface area contributed by atoms with Gasteiger partial charge in [0.15, 0.2) is 0 Å². The molecule has 0 fully saturated rings. The van der Waals surface area contributed by atoms with Crippen molar-refractivity contribution in [1.29, 1.82) is 0 Å². The maximum absolute atomic E-state index is 13.4. The number of hydrogen-bond donors (Lipinski definition) is 2. The molecule has 4 rings (SSSR count). The highest BCUT2D eigenvalue weighted by atomic mass is 35.5. The summed E-state index contributed by atoms with van der Waals surface area (Å²) in [6.45, 7) is 1.14. The third kappa shape index (κ3) is 7.26. The van der Waals surface area contributed by atoms with Crippen LogP contribution >= 0.6 is 23.2 Å². The highest BCUT2D eigenvalue weighted by Gasteiger charge is 2.27. The van der Waals surface area contributed by atoms with Crippen molar-refractivity contribution < 1.29 is 18.0 Å². The van der Waals surface area contributed by atoms with Crippen molar-refractivity contribution in [1.82, 2.24) is 5.43 Å². The zero-order valence-corrected chi connectivity index (χ0v) is 23.5. The van der Waals surface area contributed by atoms with E-state index in [2.05, 4.69) is 15.8 Å². The molecular weight excluding hydrogens is 571 g/mol. The Labute approximate surface area is 242 Å². The number of sulfonamides is 1. The Balaban J connectivity index is 1.50. The summed E-state index contributed by atoms with van der Waals surface area (Å²) < 4.78 is 27.8. The minimum Gasteiger partial charge on any atom is -0.322 e. The fourth-order valence-corrected chi connectivity index (χ4v) is 5.51. The largest absolute Gasteiger partial charge is 0.322 e. The van der Waals surface area contributed by atoms with Gasteiger partial charge in [-0.2, -0.15) is 5.10 Å². The molecule has 0 radical (unpaired) electrons. The van der Waals surface area contributed by atoms with Crippen molar-refractivity contribution in [2.45, 2.75) is 11.8 Å². The number of nitrogens with zero attached hydrogens (tertiary/aromatic N) is 2. The SMILES string of the molecule is C/C(=N/NC(=O)CN(c1cccc(Cl)c1)S(=O)(=O)c1ccccc1)c1cccc(NC(=O)c2cccc(Cl)c2)c1. The number of anilines is 2. The van der Waals surface area contributed by atoms with Gasteiger partial charge < -0.3 is 5.32 Å². The molecule has 2 N–H and O–H groups in total. The topological polar surface area (TPSA) is 108 Å². The Morgan fingerprint density at radius 1 is 0.800 bits per heavy atom. The van der Waals surface area contributed by atoms with Gasteiger partial charge in [0.25, 0.3) is 21.8 Å². The van der Waals surface area contributed by atoms with Gasteiger partial charge in [0.1, 0.15) is 6.54 Å². The van der Waals surface area contributed by atoms with Crippen molar-refractivity contribution in [3.63, 3.8) is 0 Å². The number of amides is 2. The maximum Gasteiger partial charge on any atom is 0.264 e. The fourth-order valence-electron chi connectivity index (χ4n) is 3.70. The van der Waals surface area contributed by atoms with Crippen LogP contribution < -0.4 is 15.0 Å². The predicted molar refractivity (Wildman–Crippen MR) is 159 cm³/mol. The second-order valence-electron chi connectivity index (χ2n) is 8.58. The summed E-state index contributed by atoms with van der Waals surface area (Å²) in [7, 11) is -4.08. The van der Waals surface area contributed by atoms with Crippen molar-refractivity contribution in [2.75, 3.05) is 16.2 Å². The van der Waals surface area contributed by atoms with E-state index in [4.69, 9.17) is 23.2 Å². The molecule has 0 aliphatic heterocycles. The standard InChI is InChI=1S/C29H24Cl2N4O4S/c1-20(21-8-6-12-25(17-21)32-29(37)22-9-5-10-23(30)16-22)33-34-28(36)19-35(26-13-7-11-24(31)18-26)40(38,39)27-14-3-2-4-15-27/h2-18H,19H2,1H3,(H,32,37)(H,34,36)/b33-20-. The van der Waals surface area contributed by atoms with Crippen LogP contribution in [0, 0.1) is 0 Å². The van der Waals surface area contributed by atoms with Gasteiger partial charge in [-0.25, -0.2) is 13.8 Å². The van der Waals surface area contributed by atoms with Crippen LogP contribution in [0.4, 0.5) is 11.4 Å². The zero-order chi connectivity index (χ0) is 28.7. The van der Waals surface area contributed by atoms with Gasteiger partial charge in [-0.05, 0) is 73.2 Å². The molecule has 4 aromatic carbocycles. The van der Waals surface area contributed by atoms with Gasteiger partial charge >= 0.3 is 0 Å². The first-order chi connectivity index (χ1) is 19.1. The molecule has 0 bridgehead atoms. The first-order valence-corrected chi connectivity index (χ1v) is 14.2. The molecule has 0 heterocycles. The van der Waals surface area contributed by atoms with Gasteiger partial charge in [0.2, 0.25) is 0 Å². The third-order valence-corrected chi connectivity index (χ3v) is 7.95. The van der Waals surface area contributed by atoms with Crippen molar-refractivity contribution in [3.8, 4) is 0 Å². The monoisotopic (exact) mass is 594 g/mol. The van der Waals surface area contributed by atoms with Gasteiger partial charge in [-0.15, -0.1) is 0 Å². The lowest BCUT2D eigenvalue weighted by Gasteiger charge is -2.24. The second-order valence-corrected chi connectivity index (χ2v) is 11.3. The van der Waals surface area contributed by atoms with Gasteiger partial charge in [-0.1, -0.05) is 65.7 Å². The third-order valence-electron chi connectivity index (χ3n) is 5.69. The molecule has 204 valence electrons. The zero-order valence-electron chi connectivity index (χ0n) is 21.2. The van der Waals surface area contributed by atoms with Crippen LogP contribution in [0.5, 0.6) is 0 Å². The first-order valence-electron chi connectivity index (χ1n) is 12.0. The lowest BCUT2D eigenvalue weighted by Crippen LogP contribution is -2.39. The number of halogens is 2. The second kappa shape index (κ2) is 12.8. The smallest absolute Gasteiger partial charge is 0.264 e. The molecule has 0 saturated carbocycles. The number of hydrogen-bond acceptors (Lipinski definition) is 5. The number of rotatable bonds is 9. The Hall–Kier alpha value is -4.18. The van der Waals surface area contributed by atoms with Crippen molar-refractivity contribution in [3.05, 3.63) is 124 Å². The van der Waals surface area contributed by atoms with E-state index >= 15 is 0 Å². The molecule has 0 atom stereocenters. The minimum absolute atomic E-state index is 0.0269. The van der Waals surface area contributed by atoms with Gasteiger partial charge in [0.05, 0.1) is 16.3 Å². The van der Waals surface area contributed by atoms with E-state index in [1.165, 1.54) is 18.2 Å². The normalized spacial score (nSPS) is 11.5. The minimum atomic E-state index is -4.08. The maximum atomic E-state index is 13.4. The summed E-state index contributed by atoms with van der Waals surface area (Å²) in [5.74, 6) is -0.993. The number of carbonyl (C=O) groups excluding carboxylic acids is 2. The van der Waals surface area contributed by atoms with Crippen LogP contribution in [0.15, 0.2) is 113 Å². The van der Waals surface area contributed by atoms with E-state index in [1.807, 2.05) is 0 Å². The lowest BCUT2D eigenvalue weighted by atomic mass is 10.1. The van der Waals surface area contributed by atoms with Crippen LogP contribution in [0.2, 0.25) is 10.0 Å². The van der Waals surface area contributed by atoms with Crippen LogP contribution in [-0.4, -0.2) is 32.5 Å². The van der Waals surface area contributed by atoms with Crippen molar-refractivity contribution >= 4 is 62.1 Å². The molecule has 0 aromatic heterocycles. The molecule has 0 saturated heterocycles. The van der Waals surface area contributed by atoms with Gasteiger partial charge in [0, 0.05) is 21.3 Å². The molecule has 11 heteroatoms. The Bertz CT molecular complexity index is 1680. The Morgan fingerprint density at radius 2 is 1.45 bits per heavy atom. The van der Waals surface area contributed by atoms with E-state index in [0.29, 0.717) is 32.6 Å². The van der Waals surface area contributed by atoms with E-state index < -0.39 is 22.5 Å². The Morgan fingerprint density at radius 3 is 2.15 bits per heavy atom. The van der Waals surface area contributed by atoms with Gasteiger partial charge in [-0.3, -0.25) is 13.9 Å². The molecule has 8 nitrogen and oxygen atoms in total. The van der Waals surface area contributed by atoms with E-state index in [9.17, 15) is 18.0 Å². The fraction of sp³-hybridized carbons (Fsp3) is 0.0690. The number of carbonyl (C=O) groups is 2. The van der Waals surface area contributed by atoms with Crippen molar-refractivity contribution in [2.24, 2.45) is 5.10 Å². The van der Waals surface area contributed by atoms with Crippen LogP contribution in [0.3, 0.4) is 0 Å². The van der Waals surface area contributed by atoms with Crippen LogP contribution in [0.25, 0.3) is 0 Å². The summed E-state index contributed by atoms with van der Waals surface area (Å²) >= 11 is 12.1. The summed E-state index contributed by atoms with van der Waals surface area (Å²) in [6.07, 6.45) is 0. The van der Waals surface area contributed by atoms with Crippen LogP contribution in [0.1, 0.15) is 22.8 Å². The van der Waals surface area contributed by atoms with E-state index in [-0.39, 0.29) is 16.5 Å². The molecule has 40 heavy (non-hydrogen) atoms. The Kier molecular flexibility index (Phi) is 9.21. The van der Waals surface area contributed by atoms with E-state index in [1.54, 1.807) is 91.9 Å². The highest BCUT2D eigenvalue weighted by Crippen LogP contribution is 2.26. The predicted octanol–water partition coefficient (Wildman–Crippen LogP) is 5.98. The number of hydrazone groups is 1. The summed E-state index contributed by atoms with van der Waals surface area (Å²) in [6, 6.07) is 27.5. The number of nitrogens with one attached hydrogen (secondary N) is 2. The quantitative estimate of drug-likeness (QED) is 0.183. The lowest BCUT2D eigenvalue weighted by molar-refractivity contribution is -0.119. The highest BCUT2D eigenvalue weighted by molar-refractivity contribution is 7.92. The molecular formula is C29H24Cl2N4O4S. The summed E-state index contributed by atoms with van der Waals surface area (Å²) in [4.78, 5) is 25.5. The average molecular weight is 596 g/mol. The average Bonchev–Trinajstić information content (AvgIpc) is 2.95. The molecule has 0 aliphatic carbocycles. The molecule has 0 unspecified atom stereocenters. The molecule has 2 amide bonds. The molecule has 0 spiro atoms. The first kappa shape index (κ1) is 28.8. The molecule has 0 aliphatic rings. The number of benzene rings is 4. The van der Waals surface area contributed by atoms with Crippen LogP contribution in [-0.2, 0) is 14.8 Å². The summed E-state index contributed by atoms with van der Waals surface area (Å²) in [5.41, 5.74) is 4.65.